The van der Waals surface area contributed by atoms with Crippen molar-refractivity contribution in [1.82, 2.24) is 8.96 Å². The molecule has 4 heterocycles. The molecule has 12 aromatic carbocycles. The van der Waals surface area contributed by atoms with Crippen LogP contribution in [0.2, 0.25) is 0 Å². The molecule has 2 aliphatic rings. The first kappa shape index (κ1) is 46.7. The number of hydrogen-bond acceptors (Lipinski definition) is 0. The van der Waals surface area contributed by atoms with Gasteiger partial charge in [0.25, 0.3) is 0 Å². The van der Waals surface area contributed by atoms with Crippen LogP contribution < -0.4 is 21.9 Å². The smallest absolute Gasteiger partial charge is 0.329 e. The average Bonchev–Trinajstić information content (AvgIpc) is 3.35. The largest absolute Gasteiger partial charge is 0.375 e. The minimum atomic E-state index is -0.0799. The third-order valence-electron chi connectivity index (χ3n) is 18.2. The van der Waals surface area contributed by atoms with Crippen molar-refractivity contribution in [2.45, 2.75) is 41.5 Å². The maximum Gasteiger partial charge on any atom is 0.329 e. The van der Waals surface area contributed by atoms with E-state index in [1.807, 2.05) is 0 Å². The zero-order chi connectivity index (χ0) is 53.7. The summed E-state index contributed by atoms with van der Waals surface area (Å²) >= 11 is 0. The number of aryl methyl sites for hydroxylation is 6. The van der Waals surface area contributed by atoms with E-state index in [4.69, 9.17) is 0 Å². The van der Waals surface area contributed by atoms with Gasteiger partial charge in [-0.05, 0) is 178 Å². The molecule has 0 aliphatic carbocycles. The molecule has 0 saturated heterocycles. The van der Waals surface area contributed by atoms with Gasteiger partial charge in [0.05, 0.1) is 0 Å². The van der Waals surface area contributed by atoms with Crippen molar-refractivity contribution in [3.05, 3.63) is 264 Å². The first-order valence-electron chi connectivity index (χ1n) is 28.4. The second-order valence-electron chi connectivity index (χ2n) is 23.1. The number of aromatic nitrogens is 2. The monoisotopic (exact) mass is 1020 g/mol. The molecule has 0 radical (unpaired) electrons. The van der Waals surface area contributed by atoms with E-state index in [1.165, 1.54) is 176 Å². The van der Waals surface area contributed by atoms with Crippen molar-refractivity contribution < 1.29 is 0 Å². The highest BCUT2D eigenvalue weighted by atomic mass is 14.9. The molecule has 2 nitrogen and oxygen atoms in total. The molecule has 0 bridgehead atoms. The molecule has 0 spiro atoms. The lowest BCUT2D eigenvalue weighted by atomic mass is 9.44. The van der Waals surface area contributed by atoms with Crippen molar-refractivity contribution in [2.24, 2.45) is 0 Å². The van der Waals surface area contributed by atoms with Crippen molar-refractivity contribution >= 4 is 89.9 Å². The van der Waals surface area contributed by atoms with Gasteiger partial charge in [0.2, 0.25) is 0 Å². The predicted molar refractivity (Wildman–Crippen MR) is 345 cm³/mol. The van der Waals surface area contributed by atoms with Gasteiger partial charge in [0.1, 0.15) is 0 Å². The standard InChI is InChI=1S/C76H56B2N2/c1-45-35-47(3)73(48(4)36-45)77-67-31-29-60-59(71(67)65-43-57(53-23-15-9-16-24-53)41-63-61-39-55(51-19-11-7-12-20-51)27-33-69(61)79(77)75(63)65)30-32-68-72(60)66-44-58(54-25-17-10-18-26-54)42-64-62-40-56(52-21-13-8-14-22-52)28-34-70(62)80(76(64)66)78(68)74-49(5)37-46(2)38-50(74)6/h7-44H,1-6H3. The van der Waals surface area contributed by atoms with Crippen LogP contribution in [0.5, 0.6) is 0 Å². The quantitative estimate of drug-likeness (QED) is 0.147. The molecule has 14 aromatic rings. The van der Waals surface area contributed by atoms with Crippen LogP contribution in [0.25, 0.3) is 121 Å². The minimum Gasteiger partial charge on any atom is -0.375 e. The molecule has 0 N–H and O–H groups in total. The van der Waals surface area contributed by atoms with E-state index in [9.17, 15) is 0 Å². The summed E-state index contributed by atoms with van der Waals surface area (Å²) in [7, 11) is 0. The third-order valence-corrected chi connectivity index (χ3v) is 18.2. The Morgan fingerprint density at radius 1 is 0.263 bits per heavy atom. The van der Waals surface area contributed by atoms with Gasteiger partial charge in [-0.3, -0.25) is 0 Å². The summed E-state index contributed by atoms with van der Waals surface area (Å²) in [4.78, 5) is 0. The van der Waals surface area contributed by atoms with Gasteiger partial charge in [0.15, 0.2) is 0 Å². The number of hydrogen-bond donors (Lipinski definition) is 0. The van der Waals surface area contributed by atoms with Crippen LogP contribution in [0.4, 0.5) is 0 Å². The van der Waals surface area contributed by atoms with E-state index >= 15 is 0 Å². The van der Waals surface area contributed by atoms with Crippen molar-refractivity contribution in [1.29, 1.82) is 0 Å². The summed E-state index contributed by atoms with van der Waals surface area (Å²) in [5.74, 6) is 0. The molecule has 2 aliphatic heterocycles. The van der Waals surface area contributed by atoms with Crippen molar-refractivity contribution in [3.63, 3.8) is 0 Å². The van der Waals surface area contributed by atoms with Crippen LogP contribution in [0, 0.1) is 41.5 Å². The second-order valence-corrected chi connectivity index (χ2v) is 23.1. The minimum absolute atomic E-state index is 0.0799. The summed E-state index contributed by atoms with van der Waals surface area (Å²) in [6, 6.07) is 87.9. The topological polar surface area (TPSA) is 9.86 Å². The lowest BCUT2D eigenvalue weighted by Gasteiger charge is -2.33. The molecule has 376 valence electrons. The number of rotatable bonds is 6. The summed E-state index contributed by atoms with van der Waals surface area (Å²) < 4.78 is 5.43. The maximum atomic E-state index is 2.72. The maximum absolute atomic E-state index is 2.72. The molecule has 0 unspecified atom stereocenters. The molecule has 2 aromatic heterocycles. The van der Waals surface area contributed by atoms with Gasteiger partial charge in [-0.25, -0.2) is 0 Å². The van der Waals surface area contributed by atoms with E-state index < -0.39 is 0 Å². The summed E-state index contributed by atoms with van der Waals surface area (Å²) in [5.41, 5.74) is 33.3. The SMILES string of the molecule is Cc1cc(C)c(B2c3ccc4c5c(ccc4c3-c3cc(-c4ccccc4)cc4c6cc(-c7ccccc7)ccc6n2c34)B(c2c(C)cc(C)cc2C)n2c3ccc(-c4ccccc4)cc3c3cc(-c4ccccc4)cc-5c32)c(C)c1. The zero-order valence-corrected chi connectivity index (χ0v) is 46.0. The lowest BCUT2D eigenvalue weighted by Crippen LogP contribution is -2.54. The predicted octanol–water partition coefficient (Wildman–Crippen LogP) is 16.8. The Labute approximate surface area is 468 Å². The Hall–Kier alpha value is -9.37. The first-order chi connectivity index (χ1) is 39.2. The summed E-state index contributed by atoms with van der Waals surface area (Å²) in [6.45, 7) is 13.6. The highest BCUT2D eigenvalue weighted by Gasteiger charge is 2.41. The van der Waals surface area contributed by atoms with Crippen LogP contribution in [-0.2, 0) is 0 Å². The highest BCUT2D eigenvalue weighted by Crippen LogP contribution is 2.49. The van der Waals surface area contributed by atoms with Gasteiger partial charge < -0.3 is 8.96 Å². The van der Waals surface area contributed by atoms with Crippen LogP contribution in [0.1, 0.15) is 33.4 Å². The molecule has 0 fully saturated rings. The molecule has 16 rings (SSSR count). The lowest BCUT2D eigenvalue weighted by molar-refractivity contribution is 1.29. The Morgan fingerprint density at radius 2 is 0.588 bits per heavy atom. The van der Waals surface area contributed by atoms with E-state index in [0.29, 0.717) is 0 Å². The molecule has 4 heteroatoms. The Kier molecular flexibility index (Phi) is 10.3. The van der Waals surface area contributed by atoms with Gasteiger partial charge in [-0.1, -0.05) is 215 Å². The zero-order valence-electron chi connectivity index (χ0n) is 46.0. The number of fused-ring (bicyclic) bond motifs is 13. The van der Waals surface area contributed by atoms with Gasteiger partial charge in [-0.15, -0.1) is 0 Å². The average molecular weight is 1020 g/mol. The van der Waals surface area contributed by atoms with Gasteiger partial charge in [0, 0.05) is 54.7 Å². The summed E-state index contributed by atoms with van der Waals surface area (Å²) in [5, 5.41) is 7.68. The van der Waals surface area contributed by atoms with E-state index in [2.05, 4.69) is 281 Å². The van der Waals surface area contributed by atoms with E-state index in [-0.39, 0.29) is 13.7 Å². The van der Waals surface area contributed by atoms with Gasteiger partial charge in [-0.2, -0.15) is 0 Å². The van der Waals surface area contributed by atoms with Crippen LogP contribution in [-0.4, -0.2) is 22.7 Å². The molecule has 0 atom stereocenters. The van der Waals surface area contributed by atoms with E-state index in [1.54, 1.807) is 0 Å². The Balaban J connectivity index is 1.07. The Morgan fingerprint density at radius 3 is 0.938 bits per heavy atom. The fourth-order valence-corrected chi connectivity index (χ4v) is 15.1. The van der Waals surface area contributed by atoms with Crippen LogP contribution in [0.3, 0.4) is 0 Å². The molecule has 0 saturated carbocycles. The summed E-state index contributed by atoms with van der Waals surface area (Å²) in [6.07, 6.45) is 0. The number of benzene rings is 12. The number of nitrogens with zero attached hydrogens (tertiary/aromatic N) is 2. The third kappa shape index (κ3) is 6.81. The fourth-order valence-electron chi connectivity index (χ4n) is 15.1. The normalized spacial score (nSPS) is 12.6. The van der Waals surface area contributed by atoms with E-state index in [0.717, 1.165) is 0 Å². The van der Waals surface area contributed by atoms with Crippen LogP contribution in [0.15, 0.2) is 231 Å². The fraction of sp³-hybridized carbons (Fsp3) is 0.0789. The van der Waals surface area contributed by atoms with Gasteiger partial charge >= 0.3 is 13.7 Å². The van der Waals surface area contributed by atoms with Crippen LogP contribution >= 0.6 is 0 Å². The Bertz CT molecular complexity index is 4570. The second kappa shape index (κ2) is 17.6. The molecular formula is C76H56B2N2. The molecule has 0 amide bonds. The van der Waals surface area contributed by atoms with Crippen molar-refractivity contribution in [3.8, 4) is 66.8 Å². The molecule has 80 heavy (non-hydrogen) atoms. The van der Waals surface area contributed by atoms with Crippen molar-refractivity contribution in [2.75, 3.05) is 0 Å². The highest BCUT2D eigenvalue weighted by molar-refractivity contribution is 6.89. The first-order valence-corrected chi connectivity index (χ1v) is 28.4. The molecular weight excluding hydrogens is 962 g/mol.